The quantitative estimate of drug-likeness (QED) is 0.871. The van der Waals surface area contributed by atoms with Gasteiger partial charge in [0.15, 0.2) is 0 Å². The average molecular weight is 377 g/mol. The molecule has 1 atom stereocenters. The largest absolute Gasteiger partial charge is 0.370 e. The van der Waals surface area contributed by atoms with Crippen molar-refractivity contribution in [1.29, 1.82) is 0 Å². The maximum atomic E-state index is 4.79. The van der Waals surface area contributed by atoms with Crippen molar-refractivity contribution in [2.45, 2.75) is 47.6 Å². The zero-order chi connectivity index (χ0) is 20.0. The molecule has 0 saturated carbocycles. The molecule has 1 N–H and O–H groups in total. The summed E-state index contributed by atoms with van der Waals surface area (Å²) in [5.41, 5.74) is 10.8. The highest BCUT2D eigenvalue weighted by Gasteiger charge is 2.37. The van der Waals surface area contributed by atoms with Crippen molar-refractivity contribution in [2.24, 2.45) is 4.99 Å². The van der Waals surface area contributed by atoms with E-state index in [1.807, 2.05) is 0 Å². The summed E-state index contributed by atoms with van der Waals surface area (Å²) in [5.74, 6) is 1.14. The summed E-state index contributed by atoms with van der Waals surface area (Å²) in [6.45, 7) is 17.0. The summed E-state index contributed by atoms with van der Waals surface area (Å²) in [7, 11) is 0. The molecule has 4 nitrogen and oxygen atoms in total. The predicted octanol–water partition coefficient (Wildman–Crippen LogP) is 4.19. The Morgan fingerprint density at radius 3 is 1.86 bits per heavy atom. The van der Waals surface area contributed by atoms with E-state index in [0.29, 0.717) is 0 Å². The smallest absolute Gasteiger partial charge is 0.121 e. The highest BCUT2D eigenvalue weighted by atomic mass is 15.4. The number of hydrogen-bond donors (Lipinski definition) is 1. The maximum absolute atomic E-state index is 4.79. The van der Waals surface area contributed by atoms with Crippen LogP contribution in [0.5, 0.6) is 0 Å². The fourth-order valence-electron chi connectivity index (χ4n) is 5.21. The molecule has 0 radical (unpaired) electrons. The summed E-state index contributed by atoms with van der Waals surface area (Å²) in [6.07, 6.45) is 0. The van der Waals surface area contributed by atoms with Gasteiger partial charge in [-0.3, -0.25) is 4.99 Å². The Bertz CT molecular complexity index is 898. The van der Waals surface area contributed by atoms with Crippen molar-refractivity contribution >= 4 is 17.2 Å². The molecule has 4 heteroatoms. The van der Waals surface area contributed by atoms with Gasteiger partial charge in [-0.1, -0.05) is 35.4 Å². The number of amidine groups is 1. The summed E-state index contributed by atoms with van der Waals surface area (Å²) in [6, 6.07) is 9.46. The normalized spacial score (nSPS) is 19.2. The second-order valence-electron chi connectivity index (χ2n) is 8.54. The average Bonchev–Trinajstić information content (AvgIpc) is 3.22. The van der Waals surface area contributed by atoms with Gasteiger partial charge in [0.05, 0.1) is 13.2 Å². The molecule has 2 aromatic carbocycles. The zero-order valence-corrected chi connectivity index (χ0v) is 18.1. The van der Waals surface area contributed by atoms with Gasteiger partial charge in [0.2, 0.25) is 0 Å². The summed E-state index contributed by atoms with van der Waals surface area (Å²) >= 11 is 0. The molecule has 2 aromatic rings. The highest BCUT2D eigenvalue weighted by molar-refractivity contribution is 5.94. The Kier molecular flexibility index (Phi) is 4.82. The van der Waals surface area contributed by atoms with Gasteiger partial charge in [0, 0.05) is 24.5 Å². The molecule has 1 saturated heterocycles. The lowest BCUT2D eigenvalue weighted by Gasteiger charge is -2.29. The SMILES string of the molecule is Cc1cc(C)c(N2CC(C3=NCCN3)N(c3c(C)cc(C)cc3C)C2)c(C)c1. The number of nitrogens with zero attached hydrogens (tertiary/aromatic N) is 3. The first-order valence-electron chi connectivity index (χ1n) is 10.3. The van der Waals surface area contributed by atoms with Crippen LogP contribution < -0.4 is 15.1 Å². The van der Waals surface area contributed by atoms with Crippen LogP contribution in [0.15, 0.2) is 29.3 Å². The van der Waals surface area contributed by atoms with Crippen LogP contribution in [-0.2, 0) is 0 Å². The molecule has 0 aromatic heterocycles. The van der Waals surface area contributed by atoms with Gasteiger partial charge in [-0.2, -0.15) is 0 Å². The van der Waals surface area contributed by atoms with E-state index in [1.54, 1.807) is 0 Å². The molecule has 28 heavy (non-hydrogen) atoms. The van der Waals surface area contributed by atoms with Crippen molar-refractivity contribution in [3.8, 4) is 0 Å². The van der Waals surface area contributed by atoms with Crippen LogP contribution in [0.25, 0.3) is 0 Å². The van der Waals surface area contributed by atoms with Gasteiger partial charge in [-0.25, -0.2) is 0 Å². The van der Waals surface area contributed by atoms with Gasteiger partial charge in [-0.05, 0) is 63.8 Å². The molecule has 1 fully saturated rings. The van der Waals surface area contributed by atoms with E-state index in [0.717, 1.165) is 32.1 Å². The van der Waals surface area contributed by atoms with Crippen molar-refractivity contribution in [1.82, 2.24) is 5.32 Å². The van der Waals surface area contributed by atoms with E-state index in [1.165, 1.54) is 44.8 Å². The Balaban J connectivity index is 1.77. The molecular weight excluding hydrogens is 344 g/mol. The minimum Gasteiger partial charge on any atom is -0.370 e. The van der Waals surface area contributed by atoms with E-state index < -0.39 is 0 Å². The third-order valence-electron chi connectivity index (χ3n) is 5.98. The number of rotatable bonds is 3. The van der Waals surface area contributed by atoms with Crippen molar-refractivity contribution < 1.29 is 0 Å². The van der Waals surface area contributed by atoms with Crippen LogP contribution in [-0.4, -0.2) is 38.2 Å². The molecule has 1 unspecified atom stereocenters. The lowest BCUT2D eigenvalue weighted by Crippen LogP contribution is -2.43. The van der Waals surface area contributed by atoms with Crippen LogP contribution in [0, 0.1) is 41.5 Å². The molecular formula is C24H32N4. The number of anilines is 2. The fraction of sp³-hybridized carbons (Fsp3) is 0.458. The lowest BCUT2D eigenvalue weighted by molar-refractivity contribution is 0.845. The molecule has 0 spiro atoms. The van der Waals surface area contributed by atoms with Crippen LogP contribution >= 0.6 is 0 Å². The Hall–Kier alpha value is -2.49. The lowest BCUT2D eigenvalue weighted by atomic mass is 10.0. The van der Waals surface area contributed by atoms with E-state index in [4.69, 9.17) is 4.99 Å². The van der Waals surface area contributed by atoms with Gasteiger partial charge in [-0.15, -0.1) is 0 Å². The van der Waals surface area contributed by atoms with Gasteiger partial charge in [0.25, 0.3) is 0 Å². The third kappa shape index (κ3) is 3.25. The van der Waals surface area contributed by atoms with Crippen LogP contribution in [0.2, 0.25) is 0 Å². The standard InChI is InChI=1S/C24H32N4/c1-15-9-17(3)22(18(4)10-15)27-13-21(24-25-7-8-26-24)28(14-27)23-19(5)11-16(2)12-20(23)6/h9-12,21H,7-8,13-14H2,1-6H3,(H,25,26). The molecule has 0 bridgehead atoms. The molecule has 148 valence electrons. The molecule has 0 amide bonds. The molecule has 2 aliphatic heterocycles. The van der Waals surface area contributed by atoms with Crippen molar-refractivity contribution in [2.75, 3.05) is 36.1 Å². The van der Waals surface area contributed by atoms with Gasteiger partial charge in [0.1, 0.15) is 11.9 Å². The zero-order valence-electron chi connectivity index (χ0n) is 18.1. The first-order chi connectivity index (χ1) is 13.3. The first kappa shape index (κ1) is 18.9. The number of aliphatic imine (C=N–C) groups is 1. The molecule has 2 aliphatic rings. The number of benzene rings is 2. The monoisotopic (exact) mass is 376 g/mol. The minimum absolute atomic E-state index is 0.266. The number of aryl methyl sites for hydroxylation is 6. The van der Waals surface area contributed by atoms with Crippen LogP contribution in [0.4, 0.5) is 11.4 Å². The molecule has 4 rings (SSSR count). The van der Waals surface area contributed by atoms with Gasteiger partial charge < -0.3 is 15.1 Å². The van der Waals surface area contributed by atoms with E-state index >= 15 is 0 Å². The topological polar surface area (TPSA) is 30.9 Å². The summed E-state index contributed by atoms with van der Waals surface area (Å²) in [4.78, 5) is 9.89. The summed E-state index contributed by atoms with van der Waals surface area (Å²) < 4.78 is 0. The van der Waals surface area contributed by atoms with E-state index in [2.05, 4.69) is 80.9 Å². The maximum Gasteiger partial charge on any atom is 0.121 e. The van der Waals surface area contributed by atoms with Gasteiger partial charge >= 0.3 is 0 Å². The first-order valence-corrected chi connectivity index (χ1v) is 10.3. The molecule has 2 heterocycles. The van der Waals surface area contributed by atoms with Crippen molar-refractivity contribution in [3.63, 3.8) is 0 Å². The van der Waals surface area contributed by atoms with Crippen molar-refractivity contribution in [3.05, 3.63) is 57.6 Å². The Morgan fingerprint density at radius 2 is 1.36 bits per heavy atom. The van der Waals surface area contributed by atoms with E-state index in [9.17, 15) is 0 Å². The second kappa shape index (κ2) is 7.16. The Morgan fingerprint density at radius 1 is 0.821 bits per heavy atom. The van der Waals surface area contributed by atoms with Crippen LogP contribution in [0.3, 0.4) is 0 Å². The van der Waals surface area contributed by atoms with Crippen LogP contribution in [0.1, 0.15) is 33.4 Å². The minimum atomic E-state index is 0.266. The third-order valence-corrected chi connectivity index (χ3v) is 5.98. The Labute approximate surface area is 169 Å². The molecule has 0 aliphatic carbocycles. The predicted molar refractivity (Wildman–Crippen MR) is 120 cm³/mol. The highest BCUT2D eigenvalue weighted by Crippen LogP contribution is 2.35. The number of nitrogens with one attached hydrogen (secondary N) is 1. The summed E-state index contributed by atoms with van der Waals surface area (Å²) in [5, 5.41) is 3.54. The fourth-order valence-corrected chi connectivity index (χ4v) is 5.21. The number of hydrogen-bond acceptors (Lipinski definition) is 4. The van der Waals surface area contributed by atoms with E-state index in [-0.39, 0.29) is 6.04 Å². The second-order valence-corrected chi connectivity index (χ2v) is 8.54.